The fourth-order valence-electron chi connectivity index (χ4n) is 3.49. The third-order valence-corrected chi connectivity index (χ3v) is 5.02. The number of nitrogens with zero attached hydrogens (tertiary/aromatic N) is 2. The molecule has 0 N–H and O–H groups in total. The van der Waals surface area contributed by atoms with Crippen LogP contribution < -0.4 is 4.90 Å². The van der Waals surface area contributed by atoms with E-state index in [2.05, 4.69) is 61.8 Å². The van der Waals surface area contributed by atoms with Gasteiger partial charge in [-0.15, -0.1) is 0 Å². The molecular weight excluding hydrogens is 260 g/mol. The van der Waals surface area contributed by atoms with E-state index in [4.69, 9.17) is 4.74 Å². The highest BCUT2D eigenvalue weighted by molar-refractivity contribution is 5.49. The third-order valence-electron chi connectivity index (χ3n) is 5.02. The second-order valence-corrected chi connectivity index (χ2v) is 6.98. The predicted octanol–water partition coefficient (Wildman–Crippen LogP) is 3.11. The molecule has 0 spiro atoms. The Hall–Kier alpha value is -1.06. The summed E-state index contributed by atoms with van der Waals surface area (Å²) in [4.78, 5) is 5.19. The minimum atomic E-state index is 0.562. The molecule has 1 aromatic carbocycles. The quantitative estimate of drug-likeness (QED) is 0.850. The smallest absolute Gasteiger partial charge is 0.0645 e. The van der Waals surface area contributed by atoms with Crippen molar-refractivity contribution in [3.05, 3.63) is 29.8 Å². The Morgan fingerprint density at radius 2 is 1.67 bits per heavy atom. The van der Waals surface area contributed by atoms with Crippen LogP contribution in [0.4, 0.5) is 5.69 Å². The van der Waals surface area contributed by atoms with Crippen molar-refractivity contribution in [1.29, 1.82) is 0 Å². The molecule has 0 bridgehead atoms. The van der Waals surface area contributed by atoms with E-state index in [0.29, 0.717) is 24.0 Å². The van der Waals surface area contributed by atoms with Gasteiger partial charge >= 0.3 is 0 Å². The third kappa shape index (κ3) is 2.95. The van der Waals surface area contributed by atoms with Gasteiger partial charge in [-0.2, -0.15) is 0 Å². The molecule has 1 aromatic rings. The van der Waals surface area contributed by atoms with Crippen molar-refractivity contribution >= 4 is 5.69 Å². The maximum absolute atomic E-state index is 5.36. The van der Waals surface area contributed by atoms with E-state index in [9.17, 15) is 0 Å². The molecule has 2 heterocycles. The lowest BCUT2D eigenvalue weighted by Gasteiger charge is -2.50. The van der Waals surface area contributed by atoms with Gasteiger partial charge in [0.25, 0.3) is 0 Å². The van der Waals surface area contributed by atoms with Gasteiger partial charge in [-0.25, -0.2) is 0 Å². The molecule has 0 amide bonds. The van der Waals surface area contributed by atoms with Gasteiger partial charge in [-0.3, -0.25) is 4.90 Å². The van der Waals surface area contributed by atoms with Gasteiger partial charge in [0.2, 0.25) is 0 Å². The number of ether oxygens (including phenoxy) is 1. The second kappa shape index (κ2) is 5.98. The first-order valence-electron chi connectivity index (χ1n) is 8.26. The van der Waals surface area contributed by atoms with Crippen molar-refractivity contribution in [2.45, 2.75) is 51.7 Å². The van der Waals surface area contributed by atoms with E-state index >= 15 is 0 Å². The number of hydrogen-bond acceptors (Lipinski definition) is 3. The van der Waals surface area contributed by atoms with Crippen molar-refractivity contribution in [2.75, 3.05) is 31.2 Å². The highest BCUT2D eigenvalue weighted by Gasteiger charge is 2.36. The molecule has 21 heavy (non-hydrogen) atoms. The molecule has 2 aliphatic heterocycles. The molecule has 0 unspecified atom stereocenters. The van der Waals surface area contributed by atoms with Crippen molar-refractivity contribution < 1.29 is 4.74 Å². The SMILES string of the molecule is CC(C)c1ccc(N2C[C@@H](C)N(C3COC3)C[C@@H]2C)cc1. The molecule has 3 nitrogen and oxygen atoms in total. The molecule has 0 radical (unpaired) electrons. The lowest BCUT2D eigenvalue weighted by atomic mass is 10.0. The summed E-state index contributed by atoms with van der Waals surface area (Å²) in [5.41, 5.74) is 2.79. The Labute approximate surface area is 128 Å². The summed E-state index contributed by atoms with van der Waals surface area (Å²) in [6.07, 6.45) is 0. The van der Waals surface area contributed by atoms with Crippen molar-refractivity contribution in [3.63, 3.8) is 0 Å². The molecule has 0 saturated carbocycles. The maximum Gasteiger partial charge on any atom is 0.0645 e. The van der Waals surface area contributed by atoms with Gasteiger partial charge in [0.1, 0.15) is 0 Å². The molecule has 3 heteroatoms. The molecule has 2 aliphatic rings. The normalized spacial score (nSPS) is 28.0. The largest absolute Gasteiger partial charge is 0.378 e. The van der Waals surface area contributed by atoms with Gasteiger partial charge in [0.15, 0.2) is 0 Å². The fourth-order valence-corrected chi connectivity index (χ4v) is 3.49. The van der Waals surface area contributed by atoms with Crippen LogP contribution in [0.2, 0.25) is 0 Å². The minimum Gasteiger partial charge on any atom is -0.378 e. The number of piperazine rings is 1. The van der Waals surface area contributed by atoms with Crippen LogP contribution in [0.15, 0.2) is 24.3 Å². The van der Waals surface area contributed by atoms with E-state index in [1.54, 1.807) is 0 Å². The standard InChI is InChI=1S/C18H28N2O/c1-13(2)16-5-7-17(8-6-16)19-9-15(4)20(10-14(19)3)18-11-21-12-18/h5-8,13-15,18H,9-12H2,1-4H3/t14-,15+/m0/s1. The van der Waals surface area contributed by atoms with Crippen LogP contribution >= 0.6 is 0 Å². The topological polar surface area (TPSA) is 15.7 Å². The first kappa shape index (κ1) is 14.9. The molecule has 0 aliphatic carbocycles. The lowest BCUT2D eigenvalue weighted by molar-refractivity contribution is -0.0828. The molecule has 2 saturated heterocycles. The van der Waals surface area contributed by atoms with E-state index in [0.717, 1.165) is 26.3 Å². The Morgan fingerprint density at radius 3 is 2.19 bits per heavy atom. The summed E-state index contributed by atoms with van der Waals surface area (Å²) in [5.74, 6) is 0.603. The van der Waals surface area contributed by atoms with Crippen LogP contribution in [0.3, 0.4) is 0 Å². The first-order chi connectivity index (χ1) is 10.1. The molecule has 0 aromatic heterocycles. The highest BCUT2D eigenvalue weighted by Crippen LogP contribution is 2.27. The second-order valence-electron chi connectivity index (χ2n) is 6.98. The van der Waals surface area contributed by atoms with Crippen LogP contribution in [-0.2, 0) is 4.74 Å². The van der Waals surface area contributed by atoms with Crippen LogP contribution in [0.1, 0.15) is 39.2 Å². The summed E-state index contributed by atoms with van der Waals surface area (Å²) in [6, 6.07) is 11.0. The van der Waals surface area contributed by atoms with Gasteiger partial charge < -0.3 is 9.64 Å². The minimum absolute atomic E-state index is 0.562. The molecule has 2 atom stereocenters. The van der Waals surface area contributed by atoms with E-state index < -0.39 is 0 Å². The van der Waals surface area contributed by atoms with Crippen molar-refractivity contribution in [3.8, 4) is 0 Å². The Kier molecular flexibility index (Phi) is 4.23. The van der Waals surface area contributed by atoms with Gasteiger partial charge in [0.05, 0.1) is 19.3 Å². The van der Waals surface area contributed by atoms with Crippen molar-refractivity contribution in [1.82, 2.24) is 4.90 Å². The van der Waals surface area contributed by atoms with Gasteiger partial charge in [-0.1, -0.05) is 26.0 Å². The van der Waals surface area contributed by atoms with E-state index in [1.807, 2.05) is 0 Å². The Balaban J connectivity index is 1.71. The number of anilines is 1. The summed E-state index contributed by atoms with van der Waals surface area (Å²) in [5, 5.41) is 0. The first-order valence-corrected chi connectivity index (χ1v) is 8.26. The van der Waals surface area contributed by atoms with Gasteiger partial charge in [0, 0.05) is 30.9 Å². The van der Waals surface area contributed by atoms with E-state index in [-0.39, 0.29) is 0 Å². The Bertz CT molecular complexity index is 467. The summed E-state index contributed by atoms with van der Waals surface area (Å²) >= 11 is 0. The summed E-state index contributed by atoms with van der Waals surface area (Å²) in [7, 11) is 0. The van der Waals surface area contributed by atoms with Crippen LogP contribution in [-0.4, -0.2) is 49.3 Å². The summed E-state index contributed by atoms with van der Waals surface area (Å²) < 4.78 is 5.36. The number of hydrogen-bond donors (Lipinski definition) is 0. The number of benzene rings is 1. The zero-order chi connectivity index (χ0) is 15.0. The number of rotatable bonds is 3. The average Bonchev–Trinajstić information content (AvgIpc) is 2.40. The molecule has 3 rings (SSSR count). The monoisotopic (exact) mass is 288 g/mol. The maximum atomic E-state index is 5.36. The summed E-state index contributed by atoms with van der Waals surface area (Å²) in [6.45, 7) is 13.3. The average molecular weight is 288 g/mol. The van der Waals surface area contributed by atoms with Crippen LogP contribution in [0.25, 0.3) is 0 Å². The predicted molar refractivity (Wildman–Crippen MR) is 88.1 cm³/mol. The van der Waals surface area contributed by atoms with E-state index in [1.165, 1.54) is 11.3 Å². The van der Waals surface area contributed by atoms with Crippen molar-refractivity contribution in [2.24, 2.45) is 0 Å². The zero-order valence-electron chi connectivity index (χ0n) is 13.7. The zero-order valence-corrected chi connectivity index (χ0v) is 13.7. The van der Waals surface area contributed by atoms with Gasteiger partial charge in [-0.05, 0) is 37.5 Å². The highest BCUT2D eigenvalue weighted by atomic mass is 16.5. The fraction of sp³-hybridized carbons (Fsp3) is 0.667. The lowest BCUT2D eigenvalue weighted by Crippen LogP contribution is -2.63. The Morgan fingerprint density at radius 1 is 1.00 bits per heavy atom. The molecule has 116 valence electrons. The molecular formula is C18H28N2O. The van der Waals surface area contributed by atoms with Crippen LogP contribution in [0.5, 0.6) is 0 Å². The molecule has 2 fully saturated rings. The van der Waals surface area contributed by atoms with Crippen LogP contribution in [0, 0.1) is 0 Å².